The normalized spacial score (nSPS) is 12.8. The summed E-state index contributed by atoms with van der Waals surface area (Å²) >= 11 is 0. The standard InChI is InChI=1S/C12H17F2NO/c1-3-15-12(8-16-2)6-9-4-10(13)7-11(14)5-9/h4-5,7,12,15H,3,6,8H2,1-2H3. The second-order valence-corrected chi connectivity index (χ2v) is 3.69. The molecule has 90 valence electrons. The van der Waals surface area contributed by atoms with Crippen LogP contribution in [-0.2, 0) is 11.2 Å². The number of hydrogen-bond donors (Lipinski definition) is 1. The van der Waals surface area contributed by atoms with Crippen LogP contribution in [0.3, 0.4) is 0 Å². The van der Waals surface area contributed by atoms with Crippen LogP contribution in [0, 0.1) is 11.6 Å². The van der Waals surface area contributed by atoms with Crippen molar-refractivity contribution < 1.29 is 13.5 Å². The first-order valence-electron chi connectivity index (χ1n) is 5.33. The van der Waals surface area contributed by atoms with Crippen LogP contribution in [0.25, 0.3) is 0 Å². The van der Waals surface area contributed by atoms with E-state index in [0.29, 0.717) is 18.6 Å². The molecular formula is C12H17F2NO. The first-order valence-corrected chi connectivity index (χ1v) is 5.33. The van der Waals surface area contributed by atoms with Gasteiger partial charge in [0.05, 0.1) is 6.61 Å². The van der Waals surface area contributed by atoms with E-state index in [1.165, 1.54) is 12.1 Å². The van der Waals surface area contributed by atoms with Crippen molar-refractivity contribution in [1.82, 2.24) is 5.32 Å². The van der Waals surface area contributed by atoms with Gasteiger partial charge in [-0.15, -0.1) is 0 Å². The SMILES string of the molecule is CCNC(COC)Cc1cc(F)cc(F)c1. The summed E-state index contributed by atoms with van der Waals surface area (Å²) < 4.78 is 31.0. The third-order valence-corrected chi connectivity index (χ3v) is 2.27. The highest BCUT2D eigenvalue weighted by Gasteiger charge is 2.09. The Morgan fingerprint density at radius 2 is 1.88 bits per heavy atom. The third-order valence-electron chi connectivity index (χ3n) is 2.27. The fourth-order valence-electron chi connectivity index (χ4n) is 1.69. The molecule has 0 fully saturated rings. The van der Waals surface area contributed by atoms with Crippen LogP contribution in [0.2, 0.25) is 0 Å². The Morgan fingerprint density at radius 1 is 1.25 bits per heavy atom. The molecular weight excluding hydrogens is 212 g/mol. The van der Waals surface area contributed by atoms with E-state index < -0.39 is 11.6 Å². The van der Waals surface area contributed by atoms with Crippen molar-refractivity contribution in [3.63, 3.8) is 0 Å². The molecule has 16 heavy (non-hydrogen) atoms. The fraction of sp³-hybridized carbons (Fsp3) is 0.500. The van der Waals surface area contributed by atoms with Gasteiger partial charge in [-0.3, -0.25) is 0 Å². The number of likely N-dealkylation sites (N-methyl/N-ethyl adjacent to an activating group) is 1. The lowest BCUT2D eigenvalue weighted by molar-refractivity contribution is 0.167. The Hall–Kier alpha value is -1.00. The smallest absolute Gasteiger partial charge is 0.126 e. The first kappa shape index (κ1) is 13.1. The molecule has 1 unspecified atom stereocenters. The number of hydrogen-bond acceptors (Lipinski definition) is 2. The predicted octanol–water partition coefficient (Wildman–Crippen LogP) is 2.13. The molecule has 0 bridgehead atoms. The van der Waals surface area contributed by atoms with E-state index in [4.69, 9.17) is 4.74 Å². The van der Waals surface area contributed by atoms with E-state index in [9.17, 15) is 8.78 Å². The average molecular weight is 229 g/mol. The number of benzene rings is 1. The van der Waals surface area contributed by atoms with Crippen LogP contribution < -0.4 is 5.32 Å². The first-order chi connectivity index (χ1) is 7.65. The quantitative estimate of drug-likeness (QED) is 0.807. The van der Waals surface area contributed by atoms with Crippen molar-refractivity contribution in [2.75, 3.05) is 20.3 Å². The zero-order chi connectivity index (χ0) is 12.0. The molecule has 0 aliphatic heterocycles. The third kappa shape index (κ3) is 4.24. The van der Waals surface area contributed by atoms with Gasteiger partial charge in [0.2, 0.25) is 0 Å². The molecule has 0 aliphatic carbocycles. The molecule has 1 aromatic carbocycles. The minimum Gasteiger partial charge on any atom is -0.383 e. The van der Waals surface area contributed by atoms with Crippen LogP contribution in [0.4, 0.5) is 8.78 Å². The minimum atomic E-state index is -0.539. The van der Waals surface area contributed by atoms with Gasteiger partial charge in [-0.2, -0.15) is 0 Å². The van der Waals surface area contributed by atoms with Crippen molar-refractivity contribution in [1.29, 1.82) is 0 Å². The lowest BCUT2D eigenvalue weighted by Crippen LogP contribution is -2.35. The molecule has 0 aliphatic rings. The van der Waals surface area contributed by atoms with Crippen molar-refractivity contribution >= 4 is 0 Å². The molecule has 0 saturated heterocycles. The van der Waals surface area contributed by atoms with Crippen LogP contribution >= 0.6 is 0 Å². The average Bonchev–Trinajstić information content (AvgIpc) is 2.16. The highest BCUT2D eigenvalue weighted by atomic mass is 19.1. The summed E-state index contributed by atoms with van der Waals surface area (Å²) in [6, 6.07) is 3.66. The Morgan fingerprint density at radius 3 is 2.38 bits per heavy atom. The summed E-state index contributed by atoms with van der Waals surface area (Å²) in [6.45, 7) is 3.30. The van der Waals surface area contributed by atoms with Gasteiger partial charge in [0.25, 0.3) is 0 Å². The van der Waals surface area contributed by atoms with Gasteiger partial charge >= 0.3 is 0 Å². The summed E-state index contributed by atoms with van der Waals surface area (Å²) in [6.07, 6.45) is 0.552. The lowest BCUT2D eigenvalue weighted by Gasteiger charge is -2.16. The van der Waals surface area contributed by atoms with Gasteiger partial charge in [0.1, 0.15) is 11.6 Å². The predicted molar refractivity (Wildman–Crippen MR) is 59.4 cm³/mol. The van der Waals surface area contributed by atoms with Gasteiger partial charge < -0.3 is 10.1 Å². The van der Waals surface area contributed by atoms with Crippen LogP contribution in [0.5, 0.6) is 0 Å². The van der Waals surface area contributed by atoms with E-state index >= 15 is 0 Å². The highest BCUT2D eigenvalue weighted by Crippen LogP contribution is 2.10. The summed E-state index contributed by atoms with van der Waals surface area (Å²) in [7, 11) is 1.61. The fourth-order valence-corrected chi connectivity index (χ4v) is 1.69. The maximum Gasteiger partial charge on any atom is 0.126 e. The molecule has 1 N–H and O–H groups in total. The van der Waals surface area contributed by atoms with Crippen molar-refractivity contribution in [3.05, 3.63) is 35.4 Å². The maximum atomic E-state index is 13.0. The molecule has 0 heterocycles. The molecule has 2 nitrogen and oxygen atoms in total. The molecule has 1 aromatic rings. The number of nitrogens with one attached hydrogen (secondary N) is 1. The van der Waals surface area contributed by atoms with E-state index in [1.807, 2.05) is 6.92 Å². The summed E-state index contributed by atoms with van der Waals surface area (Å²) in [4.78, 5) is 0. The highest BCUT2D eigenvalue weighted by molar-refractivity contribution is 5.19. The van der Waals surface area contributed by atoms with Crippen molar-refractivity contribution in [2.45, 2.75) is 19.4 Å². The van der Waals surface area contributed by atoms with Gasteiger partial charge in [0.15, 0.2) is 0 Å². The Labute approximate surface area is 94.6 Å². The number of ether oxygens (including phenoxy) is 1. The zero-order valence-electron chi connectivity index (χ0n) is 9.59. The molecule has 4 heteroatoms. The summed E-state index contributed by atoms with van der Waals surface area (Å²) in [5, 5.41) is 3.20. The topological polar surface area (TPSA) is 21.3 Å². The number of rotatable bonds is 6. The lowest BCUT2D eigenvalue weighted by atomic mass is 10.1. The molecule has 0 saturated carbocycles. The second-order valence-electron chi connectivity index (χ2n) is 3.69. The number of halogens is 2. The summed E-state index contributed by atoms with van der Waals surface area (Å²) in [5.41, 5.74) is 0.639. The maximum absolute atomic E-state index is 13.0. The van der Waals surface area contributed by atoms with E-state index in [0.717, 1.165) is 12.6 Å². The molecule has 0 spiro atoms. The Kier molecular flexibility index (Phi) is 5.35. The molecule has 0 amide bonds. The van der Waals surface area contributed by atoms with E-state index in [-0.39, 0.29) is 6.04 Å². The Balaban J connectivity index is 2.68. The molecule has 0 aromatic heterocycles. The van der Waals surface area contributed by atoms with Gasteiger partial charge in [-0.1, -0.05) is 6.92 Å². The van der Waals surface area contributed by atoms with Crippen molar-refractivity contribution in [3.8, 4) is 0 Å². The second kappa shape index (κ2) is 6.55. The Bertz CT molecular complexity index is 305. The largest absolute Gasteiger partial charge is 0.383 e. The molecule has 1 atom stereocenters. The van der Waals surface area contributed by atoms with Crippen molar-refractivity contribution in [2.24, 2.45) is 0 Å². The van der Waals surface area contributed by atoms with E-state index in [1.54, 1.807) is 7.11 Å². The van der Waals surface area contributed by atoms with Crippen LogP contribution in [0.15, 0.2) is 18.2 Å². The zero-order valence-corrected chi connectivity index (χ0v) is 9.59. The van der Waals surface area contributed by atoms with Gasteiger partial charge in [-0.05, 0) is 30.7 Å². The molecule has 1 rings (SSSR count). The monoisotopic (exact) mass is 229 g/mol. The summed E-state index contributed by atoms with van der Waals surface area (Å²) in [5.74, 6) is -1.08. The van der Waals surface area contributed by atoms with Crippen LogP contribution in [-0.4, -0.2) is 26.3 Å². The van der Waals surface area contributed by atoms with Gasteiger partial charge in [-0.25, -0.2) is 8.78 Å². The van der Waals surface area contributed by atoms with Gasteiger partial charge in [0, 0.05) is 19.2 Å². The minimum absolute atomic E-state index is 0.0798. The molecule has 0 radical (unpaired) electrons. The van der Waals surface area contributed by atoms with E-state index in [2.05, 4.69) is 5.32 Å². The number of methoxy groups -OCH3 is 1. The van der Waals surface area contributed by atoms with Crippen LogP contribution in [0.1, 0.15) is 12.5 Å².